The topological polar surface area (TPSA) is 93.1 Å². The Labute approximate surface area is 155 Å². The van der Waals surface area contributed by atoms with E-state index in [4.69, 9.17) is 9.47 Å². The summed E-state index contributed by atoms with van der Waals surface area (Å²) in [4.78, 5) is 23.8. The number of hydrogen-bond donors (Lipinski definition) is 2. The van der Waals surface area contributed by atoms with Crippen molar-refractivity contribution in [1.82, 2.24) is 0 Å². The number of phenolic OH excluding ortho intramolecular Hbond substituents is 1. The van der Waals surface area contributed by atoms with Crippen LogP contribution in [0.25, 0.3) is 0 Å². The molecule has 27 heavy (non-hydrogen) atoms. The lowest BCUT2D eigenvalue weighted by atomic mass is 10.2. The van der Waals surface area contributed by atoms with Crippen LogP contribution in [-0.4, -0.2) is 22.2 Å². The molecule has 3 rings (SSSR count). The molecule has 2 N–H and O–H groups in total. The summed E-state index contributed by atoms with van der Waals surface area (Å²) in [5.41, 5.74) is 0.600. The van der Waals surface area contributed by atoms with Crippen LogP contribution in [0.1, 0.15) is 26.3 Å². The van der Waals surface area contributed by atoms with Crippen LogP contribution in [-0.2, 0) is 6.61 Å². The van der Waals surface area contributed by atoms with Crippen LogP contribution in [0, 0.1) is 0 Å². The van der Waals surface area contributed by atoms with Crippen molar-refractivity contribution < 1.29 is 29.3 Å². The number of carbonyl (C=O) groups is 2. The fourth-order valence-electron chi connectivity index (χ4n) is 2.44. The fraction of sp³-hybridized carbons (Fsp3) is 0.0476. The van der Waals surface area contributed by atoms with Gasteiger partial charge in [-0.3, -0.25) is 0 Å². The maximum absolute atomic E-state index is 12.5. The normalized spacial score (nSPS) is 10.2. The van der Waals surface area contributed by atoms with Crippen molar-refractivity contribution in [3.05, 3.63) is 89.5 Å². The highest BCUT2D eigenvalue weighted by Crippen LogP contribution is 2.25. The van der Waals surface area contributed by atoms with E-state index >= 15 is 0 Å². The lowest BCUT2D eigenvalue weighted by Gasteiger charge is -2.12. The van der Waals surface area contributed by atoms with Gasteiger partial charge in [0.1, 0.15) is 35.0 Å². The van der Waals surface area contributed by atoms with Gasteiger partial charge in [0.15, 0.2) is 0 Å². The molecule has 0 saturated carbocycles. The lowest BCUT2D eigenvalue weighted by Crippen LogP contribution is -2.13. The van der Waals surface area contributed by atoms with Crippen LogP contribution in [0.15, 0.2) is 72.8 Å². The first-order chi connectivity index (χ1) is 13.1. The summed E-state index contributed by atoms with van der Waals surface area (Å²) in [5.74, 6) is -1.63. The molecule has 3 aromatic carbocycles. The average molecular weight is 364 g/mol. The summed E-state index contributed by atoms with van der Waals surface area (Å²) in [6.07, 6.45) is 0. The second-order valence-corrected chi connectivity index (χ2v) is 5.60. The number of rotatable bonds is 6. The standard InChI is InChI=1S/C21H16O6/c22-17-10-4-1-7-14(17)13-26-18-11-5-3-9-16(18)21(25)27-19-12-6-2-8-15(19)20(23)24/h1-12,22H,13H2,(H,23,24). The van der Waals surface area contributed by atoms with Gasteiger partial charge in [-0.25, -0.2) is 9.59 Å². The molecular formula is C21H16O6. The molecular weight excluding hydrogens is 348 g/mol. The Morgan fingerprint density at radius 2 is 1.37 bits per heavy atom. The molecule has 0 saturated heterocycles. The number of hydrogen-bond acceptors (Lipinski definition) is 5. The zero-order chi connectivity index (χ0) is 19.2. The summed E-state index contributed by atoms with van der Waals surface area (Å²) in [7, 11) is 0. The minimum absolute atomic E-state index is 0.0505. The van der Waals surface area contributed by atoms with E-state index in [-0.39, 0.29) is 35.0 Å². The molecule has 0 aliphatic heterocycles. The highest BCUT2D eigenvalue weighted by atomic mass is 16.5. The monoisotopic (exact) mass is 364 g/mol. The third kappa shape index (κ3) is 4.24. The quantitative estimate of drug-likeness (QED) is 0.509. The Bertz CT molecular complexity index is 980. The van der Waals surface area contributed by atoms with Crippen molar-refractivity contribution in [3.63, 3.8) is 0 Å². The SMILES string of the molecule is O=C(O)c1ccccc1OC(=O)c1ccccc1OCc1ccccc1O. The number of esters is 1. The van der Waals surface area contributed by atoms with E-state index < -0.39 is 11.9 Å². The molecule has 6 nitrogen and oxygen atoms in total. The predicted octanol–water partition coefficient (Wildman–Crippen LogP) is 3.89. The first kappa shape index (κ1) is 18.0. The first-order valence-electron chi connectivity index (χ1n) is 8.09. The van der Waals surface area contributed by atoms with Crippen molar-refractivity contribution in [3.8, 4) is 17.2 Å². The van der Waals surface area contributed by atoms with Crippen LogP contribution in [0.3, 0.4) is 0 Å². The summed E-state index contributed by atoms with van der Waals surface area (Å²) in [6, 6.07) is 19.1. The van der Waals surface area contributed by atoms with E-state index in [9.17, 15) is 19.8 Å². The van der Waals surface area contributed by atoms with E-state index in [1.54, 1.807) is 54.6 Å². The molecule has 136 valence electrons. The second kappa shape index (κ2) is 8.05. The summed E-state index contributed by atoms with van der Waals surface area (Å²) in [6.45, 7) is 0.0582. The Kier molecular flexibility index (Phi) is 5.37. The molecule has 0 atom stereocenters. The maximum Gasteiger partial charge on any atom is 0.347 e. The highest BCUT2D eigenvalue weighted by Gasteiger charge is 2.18. The van der Waals surface area contributed by atoms with Gasteiger partial charge in [0.05, 0.1) is 0 Å². The van der Waals surface area contributed by atoms with E-state index in [0.717, 1.165) is 0 Å². The van der Waals surface area contributed by atoms with Crippen molar-refractivity contribution in [2.45, 2.75) is 6.61 Å². The predicted molar refractivity (Wildman–Crippen MR) is 97.2 cm³/mol. The number of phenols is 1. The maximum atomic E-state index is 12.5. The number of carboxylic acid groups (broad SMARTS) is 1. The Balaban J connectivity index is 1.80. The number of carbonyl (C=O) groups excluding carboxylic acids is 1. The zero-order valence-electron chi connectivity index (χ0n) is 14.2. The van der Waals surface area contributed by atoms with Gasteiger partial charge in [0.25, 0.3) is 0 Å². The number of carboxylic acids is 1. The average Bonchev–Trinajstić information content (AvgIpc) is 2.68. The molecule has 0 fully saturated rings. The molecule has 0 aliphatic rings. The molecule has 0 bridgehead atoms. The molecule has 6 heteroatoms. The van der Waals surface area contributed by atoms with Crippen LogP contribution in [0.5, 0.6) is 17.2 Å². The van der Waals surface area contributed by atoms with E-state index in [1.807, 2.05) is 0 Å². The van der Waals surface area contributed by atoms with Crippen LogP contribution in [0.4, 0.5) is 0 Å². The van der Waals surface area contributed by atoms with E-state index in [2.05, 4.69) is 0 Å². The van der Waals surface area contributed by atoms with Gasteiger partial charge in [-0.15, -0.1) is 0 Å². The lowest BCUT2D eigenvalue weighted by molar-refractivity contribution is 0.0680. The third-order valence-corrected chi connectivity index (χ3v) is 3.80. The van der Waals surface area contributed by atoms with Gasteiger partial charge in [0, 0.05) is 5.56 Å². The fourth-order valence-corrected chi connectivity index (χ4v) is 2.44. The van der Waals surface area contributed by atoms with Gasteiger partial charge in [-0.05, 0) is 30.3 Å². The third-order valence-electron chi connectivity index (χ3n) is 3.80. The molecule has 0 amide bonds. The van der Waals surface area contributed by atoms with E-state index in [1.165, 1.54) is 18.2 Å². The minimum atomic E-state index is -1.19. The summed E-state index contributed by atoms with van der Waals surface area (Å²) in [5, 5.41) is 19.0. The molecule has 0 radical (unpaired) electrons. The largest absolute Gasteiger partial charge is 0.508 e. The number of aromatic carboxylic acids is 1. The molecule has 0 heterocycles. The number of aromatic hydroxyl groups is 1. The molecule has 0 aromatic heterocycles. The van der Waals surface area contributed by atoms with Crippen molar-refractivity contribution in [2.24, 2.45) is 0 Å². The van der Waals surface area contributed by atoms with Crippen molar-refractivity contribution in [1.29, 1.82) is 0 Å². The smallest absolute Gasteiger partial charge is 0.347 e. The summed E-state index contributed by atoms with van der Waals surface area (Å²) < 4.78 is 10.9. The van der Waals surface area contributed by atoms with E-state index in [0.29, 0.717) is 5.56 Å². The second-order valence-electron chi connectivity index (χ2n) is 5.60. The molecule has 0 spiro atoms. The minimum Gasteiger partial charge on any atom is -0.508 e. The van der Waals surface area contributed by atoms with Gasteiger partial charge >= 0.3 is 11.9 Å². The Hall–Kier alpha value is -3.80. The van der Waals surface area contributed by atoms with Gasteiger partial charge < -0.3 is 19.7 Å². The number of para-hydroxylation sites is 3. The molecule has 0 aliphatic carbocycles. The van der Waals surface area contributed by atoms with Crippen molar-refractivity contribution in [2.75, 3.05) is 0 Å². The Morgan fingerprint density at radius 1 is 0.778 bits per heavy atom. The van der Waals surface area contributed by atoms with Crippen LogP contribution < -0.4 is 9.47 Å². The Morgan fingerprint density at radius 3 is 2.07 bits per heavy atom. The first-order valence-corrected chi connectivity index (χ1v) is 8.09. The van der Waals surface area contributed by atoms with Gasteiger partial charge in [-0.1, -0.05) is 42.5 Å². The van der Waals surface area contributed by atoms with Crippen LogP contribution >= 0.6 is 0 Å². The van der Waals surface area contributed by atoms with Gasteiger partial charge in [-0.2, -0.15) is 0 Å². The number of benzene rings is 3. The van der Waals surface area contributed by atoms with Crippen molar-refractivity contribution >= 4 is 11.9 Å². The zero-order valence-corrected chi connectivity index (χ0v) is 14.2. The van der Waals surface area contributed by atoms with Gasteiger partial charge in [0.2, 0.25) is 0 Å². The summed E-state index contributed by atoms with van der Waals surface area (Å²) >= 11 is 0. The molecule has 0 unspecified atom stereocenters. The number of ether oxygens (including phenoxy) is 2. The highest BCUT2D eigenvalue weighted by molar-refractivity contribution is 5.96. The van der Waals surface area contributed by atoms with Crippen LogP contribution in [0.2, 0.25) is 0 Å². The molecule has 3 aromatic rings.